The van der Waals surface area contributed by atoms with E-state index in [9.17, 15) is 4.79 Å². The third-order valence-electron chi connectivity index (χ3n) is 4.13. The van der Waals surface area contributed by atoms with Gasteiger partial charge in [0.15, 0.2) is 0 Å². The molecule has 0 saturated carbocycles. The molecule has 1 aromatic heterocycles. The van der Waals surface area contributed by atoms with Crippen LogP contribution in [0.3, 0.4) is 0 Å². The molecule has 0 bridgehead atoms. The Bertz CT molecular complexity index is 580. The Morgan fingerprint density at radius 3 is 2.67 bits per heavy atom. The predicted octanol–water partition coefficient (Wildman–Crippen LogP) is 3.13. The molecule has 110 valence electrons. The van der Waals surface area contributed by atoms with Gasteiger partial charge in [-0.15, -0.1) is 0 Å². The number of nitrogens with one attached hydrogen (secondary N) is 1. The average Bonchev–Trinajstić information content (AvgIpc) is 2.99. The van der Waals surface area contributed by atoms with Crippen molar-refractivity contribution in [3.05, 3.63) is 54.5 Å². The summed E-state index contributed by atoms with van der Waals surface area (Å²) in [4.78, 5) is 14.8. The molecule has 2 unspecified atom stereocenters. The Labute approximate surface area is 124 Å². The van der Waals surface area contributed by atoms with Crippen LogP contribution in [0.15, 0.2) is 53.3 Å². The van der Waals surface area contributed by atoms with Gasteiger partial charge in [-0.25, -0.2) is 0 Å². The number of benzene rings is 1. The minimum absolute atomic E-state index is 0.0645. The molecular weight excluding hydrogens is 264 g/mol. The smallest absolute Gasteiger partial charge is 0.244 e. The second-order valence-corrected chi connectivity index (χ2v) is 5.39. The number of likely N-dealkylation sites (N-methyl/N-ethyl adjacent to an activating group) is 1. The molecule has 0 aliphatic carbocycles. The first-order valence-electron chi connectivity index (χ1n) is 7.38. The van der Waals surface area contributed by atoms with Gasteiger partial charge in [0.25, 0.3) is 0 Å². The molecule has 21 heavy (non-hydrogen) atoms. The SMILES string of the molecule is CNC1CCCC(c2ccccc2)N(c2ccoc2)C1=O. The number of amides is 1. The van der Waals surface area contributed by atoms with E-state index in [2.05, 4.69) is 17.4 Å². The lowest BCUT2D eigenvalue weighted by atomic mass is 10.0. The maximum Gasteiger partial charge on any atom is 0.244 e. The molecular formula is C17H20N2O2. The molecule has 1 saturated heterocycles. The first-order chi connectivity index (χ1) is 10.3. The van der Waals surface area contributed by atoms with Gasteiger partial charge in [-0.1, -0.05) is 30.3 Å². The summed E-state index contributed by atoms with van der Waals surface area (Å²) >= 11 is 0. The minimum atomic E-state index is -0.131. The van der Waals surface area contributed by atoms with Crippen LogP contribution >= 0.6 is 0 Å². The van der Waals surface area contributed by atoms with E-state index in [1.807, 2.05) is 36.2 Å². The Hall–Kier alpha value is -2.07. The standard InChI is InChI=1S/C17H20N2O2/c1-18-15-8-5-9-16(13-6-3-2-4-7-13)19(17(15)20)14-10-11-21-12-14/h2-4,6-7,10-12,15-16,18H,5,8-9H2,1H3. The number of hydrogen-bond donors (Lipinski definition) is 1. The maximum absolute atomic E-state index is 12.9. The van der Waals surface area contributed by atoms with E-state index in [0.717, 1.165) is 24.9 Å². The van der Waals surface area contributed by atoms with Crippen LogP contribution in [-0.4, -0.2) is 19.0 Å². The topological polar surface area (TPSA) is 45.5 Å². The van der Waals surface area contributed by atoms with Gasteiger partial charge in [0.2, 0.25) is 5.91 Å². The van der Waals surface area contributed by atoms with Crippen molar-refractivity contribution in [3.8, 4) is 0 Å². The first-order valence-corrected chi connectivity index (χ1v) is 7.38. The van der Waals surface area contributed by atoms with Crippen molar-refractivity contribution in [1.29, 1.82) is 0 Å². The van der Waals surface area contributed by atoms with E-state index in [-0.39, 0.29) is 18.0 Å². The number of anilines is 1. The number of hydrogen-bond acceptors (Lipinski definition) is 3. The normalized spacial score (nSPS) is 23.1. The van der Waals surface area contributed by atoms with Crippen molar-refractivity contribution >= 4 is 11.6 Å². The third-order valence-corrected chi connectivity index (χ3v) is 4.13. The zero-order valence-corrected chi connectivity index (χ0v) is 12.2. The van der Waals surface area contributed by atoms with Gasteiger partial charge in [0.05, 0.1) is 24.0 Å². The Balaban J connectivity index is 2.02. The van der Waals surface area contributed by atoms with Crippen molar-refractivity contribution < 1.29 is 9.21 Å². The monoisotopic (exact) mass is 284 g/mol. The van der Waals surface area contributed by atoms with Gasteiger partial charge in [-0.05, 0) is 31.9 Å². The fourth-order valence-electron chi connectivity index (χ4n) is 3.05. The zero-order valence-electron chi connectivity index (χ0n) is 12.2. The van der Waals surface area contributed by atoms with E-state index >= 15 is 0 Å². The Morgan fingerprint density at radius 1 is 1.19 bits per heavy atom. The van der Waals surface area contributed by atoms with E-state index in [1.165, 1.54) is 5.56 Å². The van der Waals surface area contributed by atoms with Crippen molar-refractivity contribution in [3.63, 3.8) is 0 Å². The van der Waals surface area contributed by atoms with Crippen LogP contribution in [0, 0.1) is 0 Å². The highest BCUT2D eigenvalue weighted by Crippen LogP contribution is 2.35. The molecule has 4 heteroatoms. The number of furan rings is 1. The van der Waals surface area contributed by atoms with Crippen molar-refractivity contribution in [2.75, 3.05) is 11.9 Å². The molecule has 1 aliphatic heterocycles. The molecule has 1 N–H and O–H groups in total. The van der Waals surface area contributed by atoms with Crippen LogP contribution in [0.25, 0.3) is 0 Å². The van der Waals surface area contributed by atoms with Crippen LogP contribution in [0.2, 0.25) is 0 Å². The minimum Gasteiger partial charge on any atom is -0.470 e. The van der Waals surface area contributed by atoms with E-state index < -0.39 is 0 Å². The number of carbonyl (C=O) groups is 1. The van der Waals surface area contributed by atoms with Crippen LogP contribution < -0.4 is 10.2 Å². The summed E-state index contributed by atoms with van der Waals surface area (Å²) in [5.74, 6) is 0.116. The summed E-state index contributed by atoms with van der Waals surface area (Å²) in [6.07, 6.45) is 6.10. The van der Waals surface area contributed by atoms with Gasteiger partial charge >= 0.3 is 0 Å². The van der Waals surface area contributed by atoms with Gasteiger partial charge in [-0.3, -0.25) is 4.79 Å². The fourth-order valence-corrected chi connectivity index (χ4v) is 3.05. The highest BCUT2D eigenvalue weighted by molar-refractivity contribution is 5.98. The maximum atomic E-state index is 12.9. The summed E-state index contributed by atoms with van der Waals surface area (Å²) in [6.45, 7) is 0. The van der Waals surface area contributed by atoms with Gasteiger partial charge in [0, 0.05) is 6.07 Å². The molecule has 2 heterocycles. The average molecular weight is 284 g/mol. The van der Waals surface area contributed by atoms with Crippen LogP contribution in [0.1, 0.15) is 30.9 Å². The molecule has 1 aromatic carbocycles. The number of rotatable bonds is 3. The lowest BCUT2D eigenvalue weighted by molar-refractivity contribution is -0.120. The molecule has 4 nitrogen and oxygen atoms in total. The number of nitrogens with zero attached hydrogens (tertiary/aromatic N) is 1. The van der Waals surface area contributed by atoms with Crippen molar-refractivity contribution in [1.82, 2.24) is 5.32 Å². The second-order valence-electron chi connectivity index (χ2n) is 5.39. The third kappa shape index (κ3) is 2.72. The molecule has 1 amide bonds. The Kier molecular flexibility index (Phi) is 4.06. The van der Waals surface area contributed by atoms with E-state index in [0.29, 0.717) is 0 Å². The summed E-state index contributed by atoms with van der Waals surface area (Å²) in [6, 6.07) is 12.0. The molecule has 0 radical (unpaired) electrons. The summed E-state index contributed by atoms with van der Waals surface area (Å²) in [5.41, 5.74) is 2.00. The van der Waals surface area contributed by atoms with E-state index in [4.69, 9.17) is 4.42 Å². The number of carbonyl (C=O) groups excluding carboxylic acids is 1. The van der Waals surface area contributed by atoms with Crippen LogP contribution in [0.4, 0.5) is 5.69 Å². The quantitative estimate of drug-likeness (QED) is 0.942. The highest BCUT2D eigenvalue weighted by atomic mass is 16.3. The summed E-state index contributed by atoms with van der Waals surface area (Å²) in [7, 11) is 1.85. The first kappa shape index (κ1) is 13.9. The van der Waals surface area contributed by atoms with Gasteiger partial charge in [-0.2, -0.15) is 0 Å². The molecule has 1 aliphatic rings. The highest BCUT2D eigenvalue weighted by Gasteiger charge is 2.34. The van der Waals surface area contributed by atoms with Crippen LogP contribution in [0.5, 0.6) is 0 Å². The molecule has 1 fully saturated rings. The largest absolute Gasteiger partial charge is 0.470 e. The molecule has 3 rings (SSSR count). The van der Waals surface area contributed by atoms with Crippen molar-refractivity contribution in [2.45, 2.75) is 31.3 Å². The molecule has 2 atom stereocenters. The van der Waals surface area contributed by atoms with E-state index in [1.54, 1.807) is 12.5 Å². The van der Waals surface area contributed by atoms with Gasteiger partial charge < -0.3 is 14.6 Å². The zero-order chi connectivity index (χ0) is 14.7. The summed E-state index contributed by atoms with van der Waals surface area (Å²) in [5, 5.41) is 3.14. The molecule has 0 spiro atoms. The predicted molar refractivity (Wildman–Crippen MR) is 82.1 cm³/mol. The van der Waals surface area contributed by atoms with Crippen LogP contribution in [-0.2, 0) is 4.79 Å². The fraction of sp³-hybridized carbons (Fsp3) is 0.353. The Morgan fingerprint density at radius 2 is 2.00 bits per heavy atom. The van der Waals surface area contributed by atoms with Gasteiger partial charge in [0.1, 0.15) is 6.26 Å². The second kappa shape index (κ2) is 6.14. The lowest BCUT2D eigenvalue weighted by Crippen LogP contribution is -2.45. The summed E-state index contributed by atoms with van der Waals surface area (Å²) < 4.78 is 5.20. The van der Waals surface area contributed by atoms with Crippen molar-refractivity contribution in [2.24, 2.45) is 0 Å². The molecule has 2 aromatic rings. The lowest BCUT2D eigenvalue weighted by Gasteiger charge is -2.31.